The van der Waals surface area contributed by atoms with Crippen LogP contribution in [0.5, 0.6) is 5.88 Å². The quantitative estimate of drug-likeness (QED) is 0.876. The number of rotatable bonds is 5. The van der Waals surface area contributed by atoms with Crippen molar-refractivity contribution in [3.05, 3.63) is 59.8 Å². The summed E-state index contributed by atoms with van der Waals surface area (Å²) in [4.78, 5) is 16.5. The molecule has 5 nitrogen and oxygen atoms in total. The molecule has 0 radical (unpaired) electrons. The first-order valence-electron chi connectivity index (χ1n) is 6.68. The summed E-state index contributed by atoms with van der Waals surface area (Å²) >= 11 is 0. The standard InChI is InChI=1S/C16H19N3O2/c1-16(11-17,12-7-4-3-5-8-12)19-14(20)13-9-6-10-18-15(13)21-2/h3-10H,11,17H2,1-2H3,(H,19,20). The summed E-state index contributed by atoms with van der Waals surface area (Å²) in [5.41, 5.74) is 6.55. The van der Waals surface area contributed by atoms with Crippen LogP contribution in [0.15, 0.2) is 48.7 Å². The number of amides is 1. The number of hydrogen-bond acceptors (Lipinski definition) is 4. The van der Waals surface area contributed by atoms with E-state index in [2.05, 4.69) is 10.3 Å². The van der Waals surface area contributed by atoms with E-state index in [-0.39, 0.29) is 12.5 Å². The van der Waals surface area contributed by atoms with Crippen molar-refractivity contribution in [1.82, 2.24) is 10.3 Å². The Hall–Kier alpha value is -2.40. The highest BCUT2D eigenvalue weighted by molar-refractivity contribution is 5.96. The summed E-state index contributed by atoms with van der Waals surface area (Å²) in [5.74, 6) is 0.0270. The van der Waals surface area contributed by atoms with Crippen LogP contribution in [-0.2, 0) is 5.54 Å². The van der Waals surface area contributed by atoms with E-state index >= 15 is 0 Å². The van der Waals surface area contributed by atoms with Gasteiger partial charge in [0.25, 0.3) is 5.91 Å². The van der Waals surface area contributed by atoms with E-state index in [0.29, 0.717) is 11.4 Å². The molecule has 0 aliphatic heterocycles. The maximum Gasteiger partial charge on any atom is 0.257 e. The van der Waals surface area contributed by atoms with Gasteiger partial charge in [-0.05, 0) is 24.6 Å². The van der Waals surface area contributed by atoms with E-state index in [1.54, 1.807) is 18.3 Å². The number of carbonyl (C=O) groups excluding carboxylic acids is 1. The molecule has 0 saturated carbocycles. The topological polar surface area (TPSA) is 77.2 Å². The summed E-state index contributed by atoms with van der Waals surface area (Å²) in [7, 11) is 1.48. The van der Waals surface area contributed by atoms with Crippen molar-refractivity contribution in [3.63, 3.8) is 0 Å². The van der Waals surface area contributed by atoms with Crippen LogP contribution < -0.4 is 15.8 Å². The predicted molar refractivity (Wildman–Crippen MR) is 81.1 cm³/mol. The fourth-order valence-electron chi connectivity index (χ4n) is 2.09. The van der Waals surface area contributed by atoms with Crippen molar-refractivity contribution in [2.75, 3.05) is 13.7 Å². The second kappa shape index (κ2) is 6.37. The van der Waals surface area contributed by atoms with E-state index in [4.69, 9.17) is 10.5 Å². The number of nitrogens with zero attached hydrogens (tertiary/aromatic N) is 1. The van der Waals surface area contributed by atoms with Crippen molar-refractivity contribution in [1.29, 1.82) is 0 Å². The smallest absolute Gasteiger partial charge is 0.257 e. The second-order valence-electron chi connectivity index (χ2n) is 4.92. The van der Waals surface area contributed by atoms with Crippen molar-refractivity contribution in [2.24, 2.45) is 5.73 Å². The molecule has 21 heavy (non-hydrogen) atoms. The minimum absolute atomic E-state index is 0.267. The van der Waals surface area contributed by atoms with Crippen molar-refractivity contribution >= 4 is 5.91 Å². The van der Waals surface area contributed by atoms with E-state index in [1.165, 1.54) is 7.11 Å². The molecule has 1 aromatic heterocycles. The molecule has 1 amide bonds. The number of hydrogen-bond donors (Lipinski definition) is 2. The van der Waals surface area contributed by atoms with Crippen molar-refractivity contribution in [2.45, 2.75) is 12.5 Å². The van der Waals surface area contributed by atoms with E-state index < -0.39 is 5.54 Å². The zero-order valence-electron chi connectivity index (χ0n) is 12.2. The Morgan fingerprint density at radius 2 is 2.00 bits per heavy atom. The lowest BCUT2D eigenvalue weighted by Crippen LogP contribution is -2.48. The zero-order valence-corrected chi connectivity index (χ0v) is 12.2. The first-order chi connectivity index (χ1) is 10.1. The molecule has 0 saturated heterocycles. The molecule has 110 valence electrons. The van der Waals surface area contributed by atoms with E-state index in [0.717, 1.165) is 5.56 Å². The van der Waals surface area contributed by atoms with Gasteiger partial charge >= 0.3 is 0 Å². The van der Waals surface area contributed by atoms with Crippen LogP contribution in [0.4, 0.5) is 0 Å². The lowest BCUT2D eigenvalue weighted by molar-refractivity contribution is 0.0903. The molecule has 0 aliphatic rings. The highest BCUT2D eigenvalue weighted by Crippen LogP contribution is 2.21. The number of nitrogens with two attached hydrogens (primary N) is 1. The van der Waals surface area contributed by atoms with Gasteiger partial charge in [0.2, 0.25) is 5.88 Å². The van der Waals surface area contributed by atoms with Gasteiger partial charge in [0.15, 0.2) is 0 Å². The first kappa shape index (κ1) is 15.0. The Bertz CT molecular complexity index is 616. The third-order valence-corrected chi connectivity index (χ3v) is 3.42. The van der Waals surface area contributed by atoms with Gasteiger partial charge in [-0.3, -0.25) is 4.79 Å². The summed E-state index contributed by atoms with van der Waals surface area (Å²) in [6, 6.07) is 13.0. The van der Waals surface area contributed by atoms with Gasteiger partial charge in [0, 0.05) is 12.7 Å². The third-order valence-electron chi connectivity index (χ3n) is 3.42. The van der Waals surface area contributed by atoms with Gasteiger partial charge in [-0.25, -0.2) is 4.98 Å². The van der Waals surface area contributed by atoms with E-state index in [1.807, 2.05) is 37.3 Å². The molecule has 0 fully saturated rings. The summed E-state index contributed by atoms with van der Waals surface area (Å²) in [5, 5.41) is 2.97. The van der Waals surface area contributed by atoms with Crippen LogP contribution in [0.1, 0.15) is 22.8 Å². The van der Waals surface area contributed by atoms with E-state index in [9.17, 15) is 4.79 Å². The van der Waals surface area contributed by atoms with Gasteiger partial charge in [0.05, 0.1) is 12.6 Å². The van der Waals surface area contributed by atoms with Crippen LogP contribution in [0.2, 0.25) is 0 Å². The number of benzene rings is 1. The summed E-state index contributed by atoms with van der Waals surface area (Å²) in [6.45, 7) is 2.18. The van der Waals surface area contributed by atoms with Crippen molar-refractivity contribution in [3.8, 4) is 5.88 Å². The first-order valence-corrected chi connectivity index (χ1v) is 6.68. The van der Waals surface area contributed by atoms with Gasteiger partial charge < -0.3 is 15.8 Å². The number of pyridine rings is 1. The Labute approximate surface area is 124 Å². The molecular weight excluding hydrogens is 266 g/mol. The number of nitrogens with one attached hydrogen (secondary N) is 1. The minimum Gasteiger partial charge on any atom is -0.480 e. The Kier molecular flexibility index (Phi) is 4.55. The largest absolute Gasteiger partial charge is 0.480 e. The third kappa shape index (κ3) is 3.20. The van der Waals surface area contributed by atoms with Gasteiger partial charge in [-0.2, -0.15) is 0 Å². The highest BCUT2D eigenvalue weighted by Gasteiger charge is 2.28. The SMILES string of the molecule is COc1ncccc1C(=O)NC(C)(CN)c1ccccc1. The Morgan fingerprint density at radius 3 is 2.62 bits per heavy atom. The molecule has 1 atom stereocenters. The van der Waals surface area contributed by atoms with Crippen LogP contribution in [0, 0.1) is 0 Å². The fourth-order valence-corrected chi connectivity index (χ4v) is 2.09. The zero-order chi connectivity index (χ0) is 15.3. The van der Waals surface area contributed by atoms with Crippen LogP contribution >= 0.6 is 0 Å². The van der Waals surface area contributed by atoms with Gasteiger partial charge in [-0.1, -0.05) is 30.3 Å². The predicted octanol–water partition coefficient (Wildman–Crippen LogP) is 1.69. The van der Waals surface area contributed by atoms with Crippen LogP contribution in [0.25, 0.3) is 0 Å². The number of aromatic nitrogens is 1. The van der Waals surface area contributed by atoms with Gasteiger partial charge in [0.1, 0.15) is 5.56 Å². The number of methoxy groups -OCH3 is 1. The van der Waals surface area contributed by atoms with Crippen LogP contribution in [0.3, 0.4) is 0 Å². The molecule has 0 spiro atoms. The number of ether oxygens (including phenoxy) is 1. The maximum absolute atomic E-state index is 12.5. The molecule has 1 aromatic carbocycles. The molecule has 1 unspecified atom stereocenters. The molecule has 1 heterocycles. The lowest BCUT2D eigenvalue weighted by atomic mass is 9.91. The van der Waals surface area contributed by atoms with Gasteiger partial charge in [-0.15, -0.1) is 0 Å². The average molecular weight is 285 g/mol. The molecular formula is C16H19N3O2. The molecule has 0 aliphatic carbocycles. The average Bonchev–Trinajstić information content (AvgIpc) is 2.55. The molecule has 5 heteroatoms. The minimum atomic E-state index is -0.654. The normalized spacial score (nSPS) is 13.3. The monoisotopic (exact) mass is 285 g/mol. The molecule has 2 aromatic rings. The molecule has 3 N–H and O–H groups in total. The molecule has 2 rings (SSSR count). The van der Waals surface area contributed by atoms with Crippen molar-refractivity contribution < 1.29 is 9.53 Å². The lowest BCUT2D eigenvalue weighted by Gasteiger charge is -2.30. The Balaban J connectivity index is 2.28. The Morgan fingerprint density at radius 1 is 1.29 bits per heavy atom. The van der Waals surface area contributed by atoms with Crippen LogP contribution in [-0.4, -0.2) is 24.5 Å². The summed E-state index contributed by atoms with van der Waals surface area (Å²) in [6.07, 6.45) is 1.58. The number of carbonyl (C=O) groups is 1. The molecule has 0 bridgehead atoms. The fraction of sp³-hybridized carbons (Fsp3) is 0.250. The summed E-state index contributed by atoms with van der Waals surface area (Å²) < 4.78 is 5.12. The maximum atomic E-state index is 12.5. The highest BCUT2D eigenvalue weighted by atomic mass is 16.5. The second-order valence-corrected chi connectivity index (χ2v) is 4.92.